The highest BCUT2D eigenvalue weighted by molar-refractivity contribution is 5.80. The van der Waals surface area contributed by atoms with E-state index in [4.69, 9.17) is 4.74 Å². The van der Waals surface area contributed by atoms with Crippen molar-refractivity contribution in [1.29, 1.82) is 0 Å². The molecule has 35 heavy (non-hydrogen) atoms. The average molecular weight is 480 g/mol. The van der Waals surface area contributed by atoms with Gasteiger partial charge in [-0.1, -0.05) is 12.1 Å². The highest BCUT2D eigenvalue weighted by atomic mass is 16.5. The van der Waals surface area contributed by atoms with Crippen molar-refractivity contribution in [2.24, 2.45) is 23.7 Å². The first kappa shape index (κ1) is 23.3. The quantitative estimate of drug-likeness (QED) is 0.613. The van der Waals surface area contributed by atoms with Crippen LogP contribution in [0.5, 0.6) is 5.75 Å². The Hall–Kier alpha value is -2.08. The van der Waals surface area contributed by atoms with Crippen LogP contribution in [-0.2, 0) is 16.1 Å². The topological polar surface area (TPSA) is 61.9 Å². The minimum Gasteiger partial charge on any atom is -0.497 e. The van der Waals surface area contributed by atoms with Crippen LogP contribution in [0.3, 0.4) is 0 Å². The smallest absolute Gasteiger partial charge is 0.237 e. The van der Waals surface area contributed by atoms with Gasteiger partial charge >= 0.3 is 0 Å². The molecule has 6 aliphatic rings. The number of amides is 2. The van der Waals surface area contributed by atoms with Crippen LogP contribution >= 0.6 is 0 Å². The Balaban J connectivity index is 1.16. The predicted octanol–water partition coefficient (Wildman–Crippen LogP) is 3.98. The summed E-state index contributed by atoms with van der Waals surface area (Å²) in [5.41, 5.74) is 1.18. The largest absolute Gasteiger partial charge is 0.497 e. The van der Waals surface area contributed by atoms with E-state index >= 15 is 0 Å². The molecule has 1 aliphatic heterocycles. The van der Waals surface area contributed by atoms with Gasteiger partial charge in [0.25, 0.3) is 0 Å². The second-order valence-electron chi connectivity index (χ2n) is 12.3. The molecule has 1 heterocycles. The second-order valence-corrected chi connectivity index (χ2v) is 12.3. The van der Waals surface area contributed by atoms with Crippen molar-refractivity contribution in [3.05, 3.63) is 29.8 Å². The summed E-state index contributed by atoms with van der Waals surface area (Å²) >= 11 is 0. The monoisotopic (exact) mass is 479 g/mol. The summed E-state index contributed by atoms with van der Waals surface area (Å²) in [6.07, 6.45) is 11.6. The third kappa shape index (κ3) is 4.96. The van der Waals surface area contributed by atoms with Gasteiger partial charge < -0.3 is 15.0 Å². The summed E-state index contributed by atoms with van der Waals surface area (Å²) in [5, 5.41) is 3.17. The van der Waals surface area contributed by atoms with Gasteiger partial charge in [-0.25, -0.2) is 0 Å². The number of piperidine rings is 1. The van der Waals surface area contributed by atoms with Crippen LogP contribution in [-0.4, -0.2) is 59.9 Å². The van der Waals surface area contributed by atoms with Gasteiger partial charge in [-0.3, -0.25) is 14.5 Å². The molecule has 1 N–H and O–H groups in total. The lowest BCUT2D eigenvalue weighted by atomic mass is 9.52. The highest BCUT2D eigenvalue weighted by Crippen LogP contribution is 2.58. The van der Waals surface area contributed by atoms with E-state index in [2.05, 4.69) is 27.2 Å². The molecule has 4 bridgehead atoms. The molecule has 1 aromatic carbocycles. The summed E-state index contributed by atoms with van der Waals surface area (Å²) in [6, 6.07) is 8.66. The first-order valence-corrected chi connectivity index (χ1v) is 14.0. The minimum absolute atomic E-state index is 0.0252. The Kier molecular flexibility index (Phi) is 6.28. The van der Waals surface area contributed by atoms with Crippen molar-refractivity contribution in [2.75, 3.05) is 26.7 Å². The van der Waals surface area contributed by atoms with Crippen molar-refractivity contribution in [2.45, 2.75) is 82.3 Å². The molecule has 6 heteroatoms. The third-order valence-electron chi connectivity index (χ3n) is 9.60. The van der Waals surface area contributed by atoms with Crippen LogP contribution in [0.1, 0.15) is 69.8 Å². The lowest BCUT2D eigenvalue weighted by Gasteiger charge is -2.60. The molecule has 0 atom stereocenters. The second kappa shape index (κ2) is 9.42. The third-order valence-corrected chi connectivity index (χ3v) is 9.60. The molecule has 0 aromatic heterocycles. The predicted molar refractivity (Wildman–Crippen MR) is 135 cm³/mol. The average Bonchev–Trinajstić information content (AvgIpc) is 3.66. The molecule has 190 valence electrons. The van der Waals surface area contributed by atoms with E-state index in [9.17, 15) is 9.59 Å². The molecule has 0 unspecified atom stereocenters. The SMILES string of the molecule is COc1cccc(CN(C(=O)CN2CCC(C(=O)NC3CC3)CC2)C23CC4CC(CC(C4)C2)C3)c1. The molecule has 6 fully saturated rings. The van der Waals surface area contributed by atoms with E-state index in [1.807, 2.05) is 12.1 Å². The van der Waals surface area contributed by atoms with Crippen molar-refractivity contribution in [3.8, 4) is 5.75 Å². The maximum atomic E-state index is 14.0. The number of carbonyl (C=O) groups excluding carboxylic acids is 2. The van der Waals surface area contributed by atoms with Gasteiger partial charge in [0.1, 0.15) is 5.75 Å². The molecule has 7 rings (SSSR count). The summed E-state index contributed by atoms with van der Waals surface area (Å²) in [4.78, 5) is 31.1. The minimum atomic E-state index is 0.0252. The number of methoxy groups -OCH3 is 1. The zero-order chi connectivity index (χ0) is 24.0. The molecule has 0 spiro atoms. The summed E-state index contributed by atoms with van der Waals surface area (Å²) in [6.45, 7) is 2.82. The van der Waals surface area contributed by atoms with E-state index in [1.165, 1.54) is 38.5 Å². The van der Waals surface area contributed by atoms with Gasteiger partial charge in [-0.15, -0.1) is 0 Å². The first-order valence-electron chi connectivity index (χ1n) is 14.0. The van der Waals surface area contributed by atoms with Gasteiger partial charge in [-0.2, -0.15) is 0 Å². The number of hydrogen-bond acceptors (Lipinski definition) is 4. The standard InChI is InChI=1S/C29H41N3O3/c1-35-26-4-2-3-20(14-26)18-32(29-15-21-11-22(16-29)13-23(12-21)17-29)27(33)19-31-9-7-24(8-10-31)28(34)30-25-5-6-25/h2-4,14,21-25H,5-13,15-19H2,1H3,(H,30,34). The Morgan fingerprint density at radius 3 is 2.29 bits per heavy atom. The van der Waals surface area contributed by atoms with Crippen molar-refractivity contribution in [1.82, 2.24) is 15.1 Å². The fourth-order valence-electron chi connectivity index (χ4n) is 8.05. The Morgan fingerprint density at radius 1 is 1.03 bits per heavy atom. The van der Waals surface area contributed by atoms with Gasteiger partial charge in [0.2, 0.25) is 11.8 Å². The fraction of sp³-hybridized carbons (Fsp3) is 0.724. The zero-order valence-electron chi connectivity index (χ0n) is 21.2. The summed E-state index contributed by atoms with van der Waals surface area (Å²) in [7, 11) is 1.70. The van der Waals surface area contributed by atoms with Crippen LogP contribution in [0.15, 0.2) is 24.3 Å². The van der Waals surface area contributed by atoms with Crippen LogP contribution in [0.25, 0.3) is 0 Å². The van der Waals surface area contributed by atoms with Gasteiger partial charge in [-0.05, 0) is 113 Å². The van der Waals surface area contributed by atoms with E-state index in [1.54, 1.807) is 7.11 Å². The maximum absolute atomic E-state index is 14.0. The van der Waals surface area contributed by atoms with Crippen molar-refractivity contribution < 1.29 is 14.3 Å². The Bertz CT molecular complexity index is 915. The number of nitrogens with one attached hydrogen (secondary N) is 1. The van der Waals surface area contributed by atoms with Crippen molar-refractivity contribution >= 4 is 11.8 Å². The molecule has 1 saturated heterocycles. The Morgan fingerprint density at radius 2 is 1.69 bits per heavy atom. The number of carbonyl (C=O) groups is 2. The molecule has 0 radical (unpaired) electrons. The van der Waals surface area contributed by atoms with E-state index in [-0.39, 0.29) is 23.3 Å². The molecule has 1 aromatic rings. The van der Waals surface area contributed by atoms with Crippen LogP contribution in [0.4, 0.5) is 0 Å². The molecule has 5 saturated carbocycles. The van der Waals surface area contributed by atoms with Crippen molar-refractivity contribution in [3.63, 3.8) is 0 Å². The number of ether oxygens (including phenoxy) is 1. The lowest BCUT2D eigenvalue weighted by molar-refractivity contribution is -0.154. The fourth-order valence-corrected chi connectivity index (χ4v) is 8.05. The number of nitrogens with zero attached hydrogens (tertiary/aromatic N) is 2. The molecule has 6 nitrogen and oxygen atoms in total. The van der Waals surface area contributed by atoms with E-state index in [0.717, 1.165) is 67.8 Å². The normalized spacial score (nSPS) is 32.4. The molecular weight excluding hydrogens is 438 g/mol. The number of benzene rings is 1. The number of rotatable bonds is 8. The van der Waals surface area contributed by atoms with Gasteiger partial charge in [0.15, 0.2) is 0 Å². The Labute approximate surface area is 209 Å². The van der Waals surface area contributed by atoms with E-state index in [0.29, 0.717) is 19.1 Å². The summed E-state index contributed by atoms with van der Waals surface area (Å²) < 4.78 is 5.48. The van der Waals surface area contributed by atoms with Gasteiger partial charge in [0, 0.05) is 24.0 Å². The molecule has 2 amide bonds. The van der Waals surface area contributed by atoms with E-state index < -0.39 is 0 Å². The molecular formula is C29H41N3O3. The summed E-state index contributed by atoms with van der Waals surface area (Å²) in [5.74, 6) is 3.85. The first-order chi connectivity index (χ1) is 17.0. The van der Waals surface area contributed by atoms with Gasteiger partial charge in [0.05, 0.1) is 13.7 Å². The maximum Gasteiger partial charge on any atom is 0.237 e. The lowest BCUT2D eigenvalue weighted by Crippen LogP contribution is -2.62. The van der Waals surface area contributed by atoms with Crippen LogP contribution < -0.4 is 10.1 Å². The highest BCUT2D eigenvalue weighted by Gasteiger charge is 2.54. The zero-order valence-corrected chi connectivity index (χ0v) is 21.2. The van der Waals surface area contributed by atoms with Crippen LogP contribution in [0.2, 0.25) is 0 Å². The molecule has 5 aliphatic carbocycles. The number of likely N-dealkylation sites (tertiary alicyclic amines) is 1. The number of hydrogen-bond donors (Lipinski definition) is 1. The van der Waals surface area contributed by atoms with Crippen LogP contribution in [0, 0.1) is 23.7 Å².